The molecule has 1 unspecified atom stereocenters. The van der Waals surface area contributed by atoms with E-state index in [0.29, 0.717) is 30.5 Å². The van der Waals surface area contributed by atoms with Crippen molar-refractivity contribution < 1.29 is 14.2 Å². The molecule has 0 bridgehead atoms. The second-order valence-corrected chi connectivity index (χ2v) is 4.45. The van der Waals surface area contributed by atoms with Crippen LogP contribution < -0.4 is 0 Å². The predicted molar refractivity (Wildman–Crippen MR) is 64.9 cm³/mol. The van der Waals surface area contributed by atoms with E-state index in [1.807, 2.05) is 6.92 Å². The lowest BCUT2D eigenvalue weighted by Crippen LogP contribution is -2.13. The Balaban J connectivity index is 2.43. The molecule has 0 radical (unpaired) electrons. The van der Waals surface area contributed by atoms with Crippen molar-refractivity contribution in [1.82, 2.24) is 0 Å². The SMILES string of the molecule is CCOCCC(O)Cc1ccc(F)c(Br)c1. The topological polar surface area (TPSA) is 29.5 Å². The van der Waals surface area contributed by atoms with Crippen molar-refractivity contribution in [2.45, 2.75) is 25.9 Å². The fourth-order valence-electron chi connectivity index (χ4n) is 1.40. The molecule has 4 heteroatoms. The van der Waals surface area contributed by atoms with Gasteiger partial charge >= 0.3 is 0 Å². The highest BCUT2D eigenvalue weighted by Crippen LogP contribution is 2.18. The smallest absolute Gasteiger partial charge is 0.137 e. The average Bonchev–Trinajstić information content (AvgIpc) is 2.24. The van der Waals surface area contributed by atoms with Gasteiger partial charge in [-0.05, 0) is 53.4 Å². The van der Waals surface area contributed by atoms with Gasteiger partial charge in [0.25, 0.3) is 0 Å². The summed E-state index contributed by atoms with van der Waals surface area (Å²) >= 11 is 3.12. The van der Waals surface area contributed by atoms with Gasteiger partial charge in [-0.1, -0.05) is 6.07 Å². The van der Waals surface area contributed by atoms with Crippen molar-refractivity contribution >= 4 is 15.9 Å². The van der Waals surface area contributed by atoms with Crippen LogP contribution in [-0.4, -0.2) is 24.4 Å². The van der Waals surface area contributed by atoms with Crippen LogP contribution in [-0.2, 0) is 11.2 Å². The van der Waals surface area contributed by atoms with Crippen molar-refractivity contribution in [1.29, 1.82) is 0 Å². The molecule has 1 aromatic carbocycles. The fraction of sp³-hybridized carbons (Fsp3) is 0.500. The molecule has 0 aliphatic rings. The molecule has 0 amide bonds. The van der Waals surface area contributed by atoms with Gasteiger partial charge in [-0.3, -0.25) is 0 Å². The van der Waals surface area contributed by atoms with Gasteiger partial charge in [0.15, 0.2) is 0 Å². The molecule has 16 heavy (non-hydrogen) atoms. The summed E-state index contributed by atoms with van der Waals surface area (Å²) in [5.74, 6) is -0.285. The Hall–Kier alpha value is -0.450. The van der Waals surface area contributed by atoms with Gasteiger partial charge in [0.1, 0.15) is 5.82 Å². The monoisotopic (exact) mass is 290 g/mol. The molecule has 2 nitrogen and oxygen atoms in total. The molecule has 0 fully saturated rings. The number of hydrogen-bond acceptors (Lipinski definition) is 2. The first-order chi connectivity index (χ1) is 7.63. The second-order valence-electron chi connectivity index (χ2n) is 3.59. The summed E-state index contributed by atoms with van der Waals surface area (Å²) in [4.78, 5) is 0. The molecule has 0 aliphatic carbocycles. The van der Waals surface area contributed by atoms with Crippen LogP contribution in [0.25, 0.3) is 0 Å². The summed E-state index contributed by atoms with van der Waals surface area (Å²) in [6.45, 7) is 3.14. The van der Waals surface area contributed by atoms with E-state index in [-0.39, 0.29) is 5.82 Å². The Morgan fingerprint density at radius 2 is 2.25 bits per heavy atom. The number of hydrogen-bond donors (Lipinski definition) is 1. The van der Waals surface area contributed by atoms with Crippen LogP contribution >= 0.6 is 15.9 Å². The largest absolute Gasteiger partial charge is 0.393 e. The van der Waals surface area contributed by atoms with Gasteiger partial charge in [0, 0.05) is 13.2 Å². The lowest BCUT2D eigenvalue weighted by Gasteiger charge is -2.10. The van der Waals surface area contributed by atoms with Crippen LogP contribution in [0.3, 0.4) is 0 Å². The molecule has 0 aromatic heterocycles. The van der Waals surface area contributed by atoms with E-state index in [4.69, 9.17) is 4.74 Å². The molecule has 0 spiro atoms. The van der Waals surface area contributed by atoms with Crippen LogP contribution in [0.5, 0.6) is 0 Å². The lowest BCUT2D eigenvalue weighted by atomic mass is 10.1. The predicted octanol–water partition coefficient (Wildman–Crippen LogP) is 2.92. The minimum Gasteiger partial charge on any atom is -0.393 e. The van der Waals surface area contributed by atoms with Gasteiger partial charge in [0.2, 0.25) is 0 Å². The Bertz CT molecular complexity index is 331. The summed E-state index contributed by atoms with van der Waals surface area (Å²) in [5.41, 5.74) is 0.914. The van der Waals surface area contributed by atoms with Crippen LogP contribution in [0.1, 0.15) is 18.9 Å². The number of rotatable bonds is 6. The van der Waals surface area contributed by atoms with E-state index in [9.17, 15) is 9.50 Å². The molecule has 1 rings (SSSR count). The van der Waals surface area contributed by atoms with Gasteiger partial charge in [0.05, 0.1) is 10.6 Å². The third kappa shape index (κ3) is 4.60. The number of halogens is 2. The minimum absolute atomic E-state index is 0.285. The Morgan fingerprint density at radius 1 is 1.50 bits per heavy atom. The third-order valence-corrected chi connectivity index (χ3v) is 2.86. The van der Waals surface area contributed by atoms with E-state index in [0.717, 1.165) is 5.56 Å². The third-order valence-electron chi connectivity index (χ3n) is 2.25. The quantitative estimate of drug-likeness (QED) is 0.817. The Morgan fingerprint density at radius 3 is 2.88 bits per heavy atom. The van der Waals surface area contributed by atoms with E-state index >= 15 is 0 Å². The van der Waals surface area contributed by atoms with Crippen molar-refractivity contribution in [3.63, 3.8) is 0 Å². The standard InChI is InChI=1S/C12H16BrFO2/c1-2-16-6-5-10(15)7-9-3-4-12(14)11(13)8-9/h3-4,8,10,15H,2,5-7H2,1H3. The molecule has 90 valence electrons. The van der Waals surface area contributed by atoms with Crippen molar-refractivity contribution in [3.8, 4) is 0 Å². The van der Waals surface area contributed by atoms with E-state index in [1.165, 1.54) is 6.07 Å². The molecule has 1 aromatic rings. The second kappa shape index (κ2) is 6.99. The fourth-order valence-corrected chi connectivity index (χ4v) is 1.83. The zero-order chi connectivity index (χ0) is 12.0. The van der Waals surface area contributed by atoms with Gasteiger partial charge in [-0.25, -0.2) is 4.39 Å². The van der Waals surface area contributed by atoms with Gasteiger partial charge in [-0.15, -0.1) is 0 Å². The molecule has 0 aliphatic heterocycles. The Kier molecular flexibility index (Phi) is 5.95. The normalized spacial score (nSPS) is 12.8. The summed E-state index contributed by atoms with van der Waals surface area (Å²) in [6.07, 6.45) is 0.679. The number of ether oxygens (including phenoxy) is 1. The molecular weight excluding hydrogens is 275 g/mol. The Labute approximate surface area is 104 Å². The number of aliphatic hydroxyl groups is 1. The minimum atomic E-state index is -0.441. The highest BCUT2D eigenvalue weighted by Gasteiger charge is 2.07. The maximum absolute atomic E-state index is 13.0. The van der Waals surface area contributed by atoms with Crippen molar-refractivity contribution in [3.05, 3.63) is 34.1 Å². The number of benzene rings is 1. The van der Waals surface area contributed by atoms with Gasteiger partial charge in [-0.2, -0.15) is 0 Å². The molecule has 0 saturated heterocycles. The van der Waals surface area contributed by atoms with Gasteiger partial charge < -0.3 is 9.84 Å². The van der Waals surface area contributed by atoms with E-state index < -0.39 is 6.10 Å². The zero-order valence-corrected chi connectivity index (χ0v) is 10.8. The zero-order valence-electron chi connectivity index (χ0n) is 9.25. The van der Waals surface area contributed by atoms with E-state index in [1.54, 1.807) is 12.1 Å². The maximum atomic E-state index is 13.0. The lowest BCUT2D eigenvalue weighted by molar-refractivity contribution is 0.0887. The van der Waals surface area contributed by atoms with Crippen LogP contribution in [0.2, 0.25) is 0 Å². The van der Waals surface area contributed by atoms with Crippen LogP contribution in [0, 0.1) is 5.82 Å². The first-order valence-corrected chi connectivity index (χ1v) is 6.12. The summed E-state index contributed by atoms with van der Waals surface area (Å²) in [7, 11) is 0. The first kappa shape index (κ1) is 13.6. The molecule has 1 N–H and O–H groups in total. The van der Waals surface area contributed by atoms with Crippen LogP contribution in [0.4, 0.5) is 4.39 Å². The van der Waals surface area contributed by atoms with E-state index in [2.05, 4.69) is 15.9 Å². The summed E-state index contributed by atoms with van der Waals surface area (Å²) in [5, 5.41) is 9.70. The summed E-state index contributed by atoms with van der Waals surface area (Å²) in [6, 6.07) is 4.78. The molecular formula is C12H16BrFO2. The molecule has 0 heterocycles. The van der Waals surface area contributed by atoms with Crippen LogP contribution in [0.15, 0.2) is 22.7 Å². The van der Waals surface area contributed by atoms with Crippen molar-refractivity contribution in [2.75, 3.05) is 13.2 Å². The first-order valence-electron chi connectivity index (χ1n) is 5.33. The highest BCUT2D eigenvalue weighted by atomic mass is 79.9. The molecule has 0 saturated carbocycles. The maximum Gasteiger partial charge on any atom is 0.137 e. The van der Waals surface area contributed by atoms with Crippen molar-refractivity contribution in [2.24, 2.45) is 0 Å². The highest BCUT2D eigenvalue weighted by molar-refractivity contribution is 9.10. The molecule has 1 atom stereocenters. The number of aliphatic hydroxyl groups excluding tert-OH is 1. The average molecular weight is 291 g/mol. The summed E-state index contributed by atoms with van der Waals surface area (Å²) < 4.78 is 18.5.